The number of benzene rings is 8. The lowest BCUT2D eigenvalue weighted by atomic mass is 10.1. The molecule has 0 saturated carbocycles. The average molecular weight is 759 g/mol. The summed E-state index contributed by atoms with van der Waals surface area (Å²) in [6, 6.07) is 15.7. The Balaban J connectivity index is 1.26. The molecule has 5 heterocycles. The van der Waals surface area contributed by atoms with Gasteiger partial charge in [-0.3, -0.25) is 9.13 Å². The summed E-state index contributed by atoms with van der Waals surface area (Å²) in [6.45, 7) is 0. The van der Waals surface area contributed by atoms with E-state index in [0.717, 1.165) is 41.7 Å². The maximum atomic E-state index is 9.32. The van der Waals surface area contributed by atoms with Crippen LogP contribution in [0.1, 0.15) is 21.9 Å². The van der Waals surface area contributed by atoms with Gasteiger partial charge in [0.05, 0.1) is 66.1 Å². The average Bonchev–Trinajstić information content (AvgIpc) is 4.24. The second-order valence-electron chi connectivity index (χ2n) is 13.6. The van der Waals surface area contributed by atoms with Crippen molar-refractivity contribution >= 4 is 87.4 Å². The van der Waals surface area contributed by atoms with Crippen LogP contribution < -0.4 is 0 Å². The highest BCUT2D eigenvalue weighted by Crippen LogP contribution is 2.43. The van der Waals surface area contributed by atoms with Crippen molar-refractivity contribution in [3.05, 3.63) is 182 Å². The normalized spacial score (nSPS) is 16.0. The summed E-state index contributed by atoms with van der Waals surface area (Å²) < 4.78 is 154. The maximum Gasteiger partial charge on any atom is 0.240 e. The van der Waals surface area contributed by atoms with Gasteiger partial charge in [0.2, 0.25) is 11.9 Å². The number of hydrogen-bond donors (Lipinski definition) is 0. The Morgan fingerprint density at radius 2 is 0.914 bits per heavy atom. The molecule has 0 fully saturated rings. The third kappa shape index (κ3) is 4.24. The summed E-state index contributed by atoms with van der Waals surface area (Å²) >= 11 is 0. The first-order chi connectivity index (χ1) is 35.4. The summed E-state index contributed by atoms with van der Waals surface area (Å²) in [5, 5.41) is 2.28. The van der Waals surface area contributed by atoms with Crippen LogP contribution >= 0.6 is 0 Å². The Morgan fingerprint density at radius 3 is 1.53 bits per heavy atom. The van der Waals surface area contributed by atoms with Crippen molar-refractivity contribution in [3.8, 4) is 29.0 Å². The molecule has 13 aromatic rings. The first-order valence-electron chi connectivity index (χ1n) is 26.2. The molecule has 0 atom stereocenters. The lowest BCUT2D eigenvalue weighted by molar-refractivity contribution is 0.669. The van der Waals surface area contributed by atoms with Gasteiger partial charge in [0.25, 0.3) is 0 Å². The van der Waals surface area contributed by atoms with Crippen LogP contribution in [-0.4, -0.2) is 28.7 Å². The molecule has 7 nitrogen and oxygen atoms in total. The van der Waals surface area contributed by atoms with Crippen molar-refractivity contribution < 1.29 is 26.3 Å². The molecule has 0 aliphatic carbocycles. The van der Waals surface area contributed by atoms with Crippen molar-refractivity contribution in [2.45, 2.75) is 0 Å². The van der Waals surface area contributed by atoms with Crippen molar-refractivity contribution in [2.75, 3.05) is 0 Å². The third-order valence-electron chi connectivity index (χ3n) is 10.6. The molecule has 7 heteroatoms. The molecular weight excluding hydrogens is 713 g/mol. The van der Waals surface area contributed by atoms with Gasteiger partial charge in [-0.1, -0.05) is 121 Å². The summed E-state index contributed by atoms with van der Waals surface area (Å²) in [4.78, 5) is 14.9. The minimum absolute atomic E-state index is 0.177. The quantitative estimate of drug-likeness (QED) is 0.179. The van der Waals surface area contributed by atoms with Gasteiger partial charge in [0.15, 0.2) is 5.82 Å². The number of rotatable bonds is 4. The Hall–Kier alpha value is -8.03. The Kier molecular flexibility index (Phi) is 3.99. The number of furan rings is 1. The summed E-state index contributed by atoms with van der Waals surface area (Å²) in [7, 11) is 0. The van der Waals surface area contributed by atoms with Gasteiger partial charge in [0.1, 0.15) is 11.2 Å². The van der Waals surface area contributed by atoms with Crippen LogP contribution in [0.25, 0.3) is 116 Å². The van der Waals surface area contributed by atoms with Crippen LogP contribution in [0.15, 0.2) is 186 Å². The van der Waals surface area contributed by atoms with Gasteiger partial charge in [-0.25, -0.2) is 0 Å². The highest BCUT2D eigenvalue weighted by atomic mass is 16.3. The number of hydrogen-bond acceptors (Lipinski definition) is 4. The molecule has 58 heavy (non-hydrogen) atoms. The van der Waals surface area contributed by atoms with Gasteiger partial charge in [-0.05, 0) is 60.6 Å². The largest absolute Gasteiger partial charge is 0.456 e. The van der Waals surface area contributed by atoms with Crippen LogP contribution in [0.2, 0.25) is 0 Å². The van der Waals surface area contributed by atoms with Crippen LogP contribution in [0.4, 0.5) is 0 Å². The van der Waals surface area contributed by atoms with E-state index in [2.05, 4.69) is 0 Å². The standard InChI is InChI=1S/C51H30N6O/c1-9-23-40-31(15-1)32-16-2-10-24-41(32)56(40)50-52-49(53-51(54-50)57-42-25-11-3-17-33(42)34-18-4-12-26-43(34)57)37-20-6-13-27-44(37)55-39-22-8-5-19-35(39)36-29-30-46-47(48(36)55)38-21-7-14-28-45(38)58-46/h1-30H/i1D,2D,3D,4D,9D,10D,11D,12D,15D,16D,17D,18D,23D,24D,25D,26D. The fraction of sp³-hybridized carbons (Fsp3) is 0. The zero-order valence-corrected chi connectivity index (χ0v) is 29.7. The number of nitrogens with zero attached hydrogens (tertiary/aromatic N) is 6. The van der Waals surface area contributed by atoms with Crippen LogP contribution in [0.3, 0.4) is 0 Å². The molecule has 5 aromatic heterocycles. The number of fused-ring (bicyclic) bond motifs is 13. The highest BCUT2D eigenvalue weighted by Gasteiger charge is 2.24. The fourth-order valence-corrected chi connectivity index (χ4v) is 8.29. The third-order valence-corrected chi connectivity index (χ3v) is 10.6. The van der Waals surface area contributed by atoms with Crippen molar-refractivity contribution in [1.29, 1.82) is 0 Å². The first kappa shape index (κ1) is 19.7. The molecule has 0 bridgehead atoms. The van der Waals surface area contributed by atoms with Gasteiger partial charge in [0, 0.05) is 43.3 Å². The predicted molar refractivity (Wildman–Crippen MR) is 236 cm³/mol. The second kappa shape index (κ2) is 11.7. The molecule has 8 aromatic carbocycles. The van der Waals surface area contributed by atoms with Gasteiger partial charge >= 0.3 is 0 Å². The molecule has 0 aliphatic heterocycles. The number of aromatic nitrogens is 6. The molecule has 0 N–H and O–H groups in total. The minimum atomic E-state index is -0.708. The first-order valence-corrected chi connectivity index (χ1v) is 18.2. The van der Waals surface area contributed by atoms with E-state index in [9.17, 15) is 5.48 Å². The molecule has 0 aliphatic rings. The SMILES string of the molecule is [2H]c1c([2H])c([2H])c2c(c1[2H])c1c([2H])c([2H])c([2H])c([2H])c1n2-c1nc(-c2ccccc2-n2c3ccccc3c3ccc4oc5ccccc5c4c32)nc(-n2c3c([2H])c([2H])c([2H])c([2H])c3c3c([2H])c([2H])c([2H])c([2H])c32)n1. The second-order valence-corrected chi connectivity index (χ2v) is 13.6. The van der Waals surface area contributed by atoms with Crippen LogP contribution in [-0.2, 0) is 0 Å². The van der Waals surface area contributed by atoms with E-state index < -0.39 is 109 Å². The van der Waals surface area contributed by atoms with Gasteiger partial charge in [-0.2, -0.15) is 15.0 Å². The van der Waals surface area contributed by atoms with Crippen LogP contribution in [0, 0.1) is 0 Å². The lowest BCUT2D eigenvalue weighted by Gasteiger charge is -2.16. The topological polar surface area (TPSA) is 66.6 Å². The van der Waals surface area contributed by atoms with E-state index in [-0.39, 0.29) is 49.4 Å². The summed E-state index contributed by atoms with van der Waals surface area (Å²) in [5.74, 6) is -1.15. The van der Waals surface area contributed by atoms with E-state index in [1.807, 2.05) is 71.3 Å². The van der Waals surface area contributed by atoms with Gasteiger partial charge in [-0.15, -0.1) is 0 Å². The Morgan fingerprint density at radius 1 is 0.397 bits per heavy atom. The molecule has 270 valence electrons. The molecular formula is C51H30N6O. The number of para-hydroxylation sites is 7. The molecule has 0 spiro atoms. The fourth-order valence-electron chi connectivity index (χ4n) is 8.29. The highest BCUT2D eigenvalue weighted by molar-refractivity contribution is 6.24. The molecule has 0 unspecified atom stereocenters. The Labute approximate surface area is 352 Å². The minimum Gasteiger partial charge on any atom is -0.456 e. The zero-order chi connectivity index (χ0) is 51.8. The van der Waals surface area contributed by atoms with E-state index in [4.69, 9.17) is 35.8 Å². The monoisotopic (exact) mass is 758 g/mol. The molecule has 0 amide bonds. The smallest absolute Gasteiger partial charge is 0.240 e. The maximum absolute atomic E-state index is 9.32. The molecule has 0 saturated heterocycles. The van der Waals surface area contributed by atoms with E-state index in [1.54, 1.807) is 18.2 Å². The van der Waals surface area contributed by atoms with E-state index in [0.29, 0.717) is 22.4 Å². The van der Waals surface area contributed by atoms with Crippen molar-refractivity contribution in [1.82, 2.24) is 28.7 Å². The predicted octanol–water partition coefficient (Wildman–Crippen LogP) is 12.7. The van der Waals surface area contributed by atoms with E-state index >= 15 is 0 Å². The van der Waals surface area contributed by atoms with Gasteiger partial charge < -0.3 is 8.98 Å². The zero-order valence-electron chi connectivity index (χ0n) is 45.7. The van der Waals surface area contributed by atoms with Crippen LogP contribution in [0.5, 0.6) is 0 Å². The molecule has 13 rings (SSSR count). The summed E-state index contributed by atoms with van der Waals surface area (Å²) in [6.07, 6.45) is 0. The van der Waals surface area contributed by atoms with Crippen molar-refractivity contribution in [2.24, 2.45) is 0 Å². The summed E-state index contributed by atoms with van der Waals surface area (Å²) in [5.41, 5.74) is 2.19. The Bertz CT molecular complexity index is 4430. The van der Waals surface area contributed by atoms with E-state index in [1.165, 1.54) is 0 Å². The molecule has 0 radical (unpaired) electrons. The van der Waals surface area contributed by atoms with Crippen molar-refractivity contribution in [3.63, 3.8) is 0 Å². The lowest BCUT2D eigenvalue weighted by Crippen LogP contribution is -2.11.